The first kappa shape index (κ1) is 17.1. The molecule has 1 amide bonds. The molecule has 2 aliphatic heterocycles. The Morgan fingerprint density at radius 1 is 1.38 bits per heavy atom. The highest BCUT2D eigenvalue weighted by Gasteiger charge is 2.32. The van der Waals surface area contributed by atoms with Gasteiger partial charge in [-0.15, -0.1) is 5.10 Å². The van der Waals surface area contributed by atoms with Gasteiger partial charge in [0.05, 0.1) is 12.3 Å². The van der Waals surface area contributed by atoms with Crippen LogP contribution in [0.1, 0.15) is 32.9 Å². The molecule has 3 rings (SSSR count). The summed E-state index contributed by atoms with van der Waals surface area (Å²) in [5, 5.41) is 8.37. The molecule has 2 aliphatic rings. The van der Waals surface area contributed by atoms with E-state index < -0.39 is 0 Å². The van der Waals surface area contributed by atoms with Gasteiger partial charge in [-0.05, 0) is 12.5 Å². The van der Waals surface area contributed by atoms with Crippen LogP contribution < -0.4 is 21.1 Å². The minimum atomic E-state index is -0.194. The second kappa shape index (κ2) is 7.00. The Hall–Kier alpha value is -1.77. The molecule has 0 aliphatic carbocycles. The monoisotopic (exact) mass is 334 g/mol. The van der Waals surface area contributed by atoms with Crippen molar-refractivity contribution in [3.63, 3.8) is 0 Å². The first-order chi connectivity index (χ1) is 11.4. The molecule has 0 bridgehead atoms. The number of ether oxygens (including phenoxy) is 1. The summed E-state index contributed by atoms with van der Waals surface area (Å²) in [6, 6.07) is 3.63. The van der Waals surface area contributed by atoms with Crippen LogP contribution in [0.3, 0.4) is 0 Å². The molecule has 1 aromatic rings. The number of likely N-dealkylation sites (tertiary alicyclic amines) is 1. The summed E-state index contributed by atoms with van der Waals surface area (Å²) in [6.45, 7) is 8.97. The van der Waals surface area contributed by atoms with Crippen LogP contribution in [0.15, 0.2) is 12.1 Å². The predicted octanol–water partition coefficient (Wildman–Crippen LogP) is -0.0176. The number of carbonyl (C=O) groups excluding carboxylic acids is 1. The lowest BCUT2D eigenvalue weighted by Gasteiger charge is -2.20. The van der Waals surface area contributed by atoms with E-state index in [1.165, 1.54) is 0 Å². The fourth-order valence-corrected chi connectivity index (χ4v) is 2.88. The first-order valence-electron chi connectivity index (χ1n) is 8.42. The van der Waals surface area contributed by atoms with Gasteiger partial charge >= 0.3 is 0 Å². The minimum absolute atomic E-state index is 0.0180. The van der Waals surface area contributed by atoms with Gasteiger partial charge in [-0.3, -0.25) is 4.79 Å². The van der Waals surface area contributed by atoms with Gasteiger partial charge in [0.2, 0.25) is 11.8 Å². The maximum atomic E-state index is 12.3. The van der Waals surface area contributed by atoms with Crippen LogP contribution in [0, 0.1) is 5.92 Å². The topological polar surface area (TPSA) is 91.4 Å². The van der Waals surface area contributed by atoms with Crippen molar-refractivity contribution in [1.29, 1.82) is 0 Å². The van der Waals surface area contributed by atoms with E-state index in [1.54, 1.807) is 0 Å². The van der Waals surface area contributed by atoms with Crippen LogP contribution in [-0.2, 0) is 10.2 Å². The molecular weight excluding hydrogens is 308 g/mol. The van der Waals surface area contributed by atoms with Crippen LogP contribution in [0.5, 0.6) is 5.88 Å². The molecule has 8 heteroatoms. The number of hydrogen-bond acceptors (Lipinski definition) is 7. The van der Waals surface area contributed by atoms with Crippen molar-refractivity contribution < 1.29 is 9.53 Å². The molecule has 2 fully saturated rings. The van der Waals surface area contributed by atoms with Crippen molar-refractivity contribution in [2.45, 2.75) is 38.6 Å². The average molecular weight is 334 g/mol. The molecule has 8 nitrogen and oxygen atoms in total. The summed E-state index contributed by atoms with van der Waals surface area (Å²) < 4.78 is 5.76. The minimum Gasteiger partial charge on any atom is -0.476 e. The van der Waals surface area contributed by atoms with Crippen molar-refractivity contribution in [3.8, 4) is 5.88 Å². The molecule has 1 aromatic heterocycles. The number of nitrogens with zero attached hydrogens (tertiary/aromatic N) is 3. The Labute approximate surface area is 142 Å². The summed E-state index contributed by atoms with van der Waals surface area (Å²) in [5.74, 6) is 1.00. The van der Waals surface area contributed by atoms with Gasteiger partial charge in [0, 0.05) is 37.0 Å². The Kier molecular flexibility index (Phi) is 4.98. The Bertz CT molecular complexity index is 565. The largest absolute Gasteiger partial charge is 0.476 e. The van der Waals surface area contributed by atoms with Crippen molar-refractivity contribution in [2.75, 3.05) is 26.2 Å². The molecule has 0 radical (unpaired) electrons. The highest BCUT2D eigenvalue weighted by atomic mass is 16.5. The van der Waals surface area contributed by atoms with E-state index in [1.807, 2.05) is 17.0 Å². The van der Waals surface area contributed by atoms with Gasteiger partial charge in [0.15, 0.2) is 0 Å². The Morgan fingerprint density at radius 3 is 2.83 bits per heavy atom. The van der Waals surface area contributed by atoms with Crippen molar-refractivity contribution >= 4 is 5.91 Å². The summed E-state index contributed by atoms with van der Waals surface area (Å²) in [6.07, 6.45) is 0.951. The zero-order valence-electron chi connectivity index (χ0n) is 14.5. The van der Waals surface area contributed by atoms with Gasteiger partial charge in [-0.25, -0.2) is 10.9 Å². The van der Waals surface area contributed by atoms with E-state index >= 15 is 0 Å². The van der Waals surface area contributed by atoms with Crippen LogP contribution in [0.25, 0.3) is 0 Å². The maximum absolute atomic E-state index is 12.3. The molecule has 0 saturated carbocycles. The molecule has 2 atom stereocenters. The molecule has 0 aromatic carbocycles. The third-order valence-corrected chi connectivity index (χ3v) is 4.41. The third kappa shape index (κ3) is 4.00. The predicted molar refractivity (Wildman–Crippen MR) is 89.0 cm³/mol. The fourth-order valence-electron chi connectivity index (χ4n) is 2.88. The lowest BCUT2D eigenvalue weighted by atomic mass is 9.92. The average Bonchev–Trinajstić information content (AvgIpc) is 3.23. The van der Waals surface area contributed by atoms with Gasteiger partial charge < -0.3 is 9.64 Å². The van der Waals surface area contributed by atoms with E-state index in [9.17, 15) is 4.79 Å². The SMILES string of the molecule is CC(C)(C)c1ccc(OCC2CCN(C(=O)C3CNNN3)C2)nn1. The molecule has 24 heavy (non-hydrogen) atoms. The fraction of sp³-hybridized carbons (Fsp3) is 0.688. The van der Waals surface area contributed by atoms with Crippen molar-refractivity contribution in [3.05, 3.63) is 17.8 Å². The lowest BCUT2D eigenvalue weighted by Crippen LogP contribution is -2.46. The zero-order valence-corrected chi connectivity index (χ0v) is 14.5. The second-order valence-corrected chi connectivity index (χ2v) is 7.46. The smallest absolute Gasteiger partial charge is 0.242 e. The van der Waals surface area contributed by atoms with Crippen LogP contribution in [0.2, 0.25) is 0 Å². The van der Waals surface area contributed by atoms with Gasteiger partial charge in [0.25, 0.3) is 0 Å². The van der Waals surface area contributed by atoms with Gasteiger partial charge in [-0.2, -0.15) is 10.6 Å². The van der Waals surface area contributed by atoms with E-state index in [0.717, 1.165) is 25.2 Å². The van der Waals surface area contributed by atoms with Crippen molar-refractivity contribution in [1.82, 2.24) is 31.5 Å². The van der Waals surface area contributed by atoms with Crippen LogP contribution in [0.4, 0.5) is 0 Å². The quantitative estimate of drug-likeness (QED) is 0.713. The maximum Gasteiger partial charge on any atom is 0.242 e. The van der Waals surface area contributed by atoms with E-state index in [2.05, 4.69) is 47.4 Å². The van der Waals surface area contributed by atoms with Crippen molar-refractivity contribution in [2.24, 2.45) is 5.92 Å². The van der Waals surface area contributed by atoms with Crippen LogP contribution in [-0.4, -0.2) is 53.3 Å². The molecule has 2 unspecified atom stereocenters. The van der Waals surface area contributed by atoms with Gasteiger partial charge in [0.1, 0.15) is 6.04 Å². The number of nitrogens with one attached hydrogen (secondary N) is 3. The molecule has 3 heterocycles. The number of hydrazine groups is 2. The lowest BCUT2D eigenvalue weighted by molar-refractivity contribution is -0.131. The molecular formula is C16H26N6O2. The molecule has 2 saturated heterocycles. The number of hydrogen-bond donors (Lipinski definition) is 3. The number of rotatable bonds is 4. The standard InChI is InChI=1S/C16H26N6O2/c1-16(2,3)13-4-5-14(20-19-13)24-10-11-6-7-22(9-11)15(23)12-8-17-21-18-12/h4-5,11-12,17-18,21H,6-10H2,1-3H3. The third-order valence-electron chi connectivity index (χ3n) is 4.41. The normalized spacial score (nSPS) is 24.4. The van der Waals surface area contributed by atoms with E-state index in [0.29, 0.717) is 24.9 Å². The molecule has 3 N–H and O–H groups in total. The summed E-state index contributed by atoms with van der Waals surface area (Å²) in [7, 11) is 0. The van der Waals surface area contributed by atoms with E-state index in [-0.39, 0.29) is 17.4 Å². The Morgan fingerprint density at radius 2 is 2.21 bits per heavy atom. The van der Waals surface area contributed by atoms with E-state index in [4.69, 9.17) is 4.74 Å². The van der Waals surface area contributed by atoms with Crippen LogP contribution >= 0.6 is 0 Å². The number of aromatic nitrogens is 2. The number of carbonyl (C=O) groups is 1. The molecule has 132 valence electrons. The molecule has 0 spiro atoms. The highest BCUT2D eigenvalue weighted by molar-refractivity contribution is 5.82. The zero-order chi connectivity index (χ0) is 17.2. The summed E-state index contributed by atoms with van der Waals surface area (Å²) in [4.78, 5) is 14.2. The second-order valence-electron chi connectivity index (χ2n) is 7.46. The Balaban J connectivity index is 1.46. The highest BCUT2D eigenvalue weighted by Crippen LogP contribution is 2.21. The summed E-state index contributed by atoms with van der Waals surface area (Å²) in [5.41, 5.74) is 9.51. The number of amides is 1. The first-order valence-corrected chi connectivity index (χ1v) is 8.42. The summed E-state index contributed by atoms with van der Waals surface area (Å²) >= 11 is 0. The van der Waals surface area contributed by atoms with Gasteiger partial charge in [-0.1, -0.05) is 20.8 Å².